The van der Waals surface area contributed by atoms with Gasteiger partial charge in [0.25, 0.3) is 0 Å². The van der Waals surface area contributed by atoms with E-state index in [2.05, 4.69) is 30.6 Å². The Morgan fingerprint density at radius 3 is 2.30 bits per heavy atom. The number of hydrogen-bond acceptors (Lipinski definition) is 4. The molecule has 0 atom stereocenters. The van der Waals surface area contributed by atoms with Gasteiger partial charge in [0, 0.05) is 64.5 Å². The second kappa shape index (κ2) is 10.0. The highest BCUT2D eigenvalue weighted by Gasteiger charge is 2.23. The Hall–Kier alpha value is -1.66. The fraction of sp³-hybridized carbons (Fsp3) is 0.667. The van der Waals surface area contributed by atoms with Gasteiger partial charge in [0.1, 0.15) is 5.82 Å². The maximum absolute atomic E-state index is 13.1. The molecule has 0 unspecified atom stereocenters. The zero-order valence-corrected chi connectivity index (χ0v) is 17.0. The molecule has 1 aliphatic rings. The number of halogens is 1. The van der Waals surface area contributed by atoms with Crippen LogP contribution in [0.3, 0.4) is 0 Å². The molecule has 6 heteroatoms. The average Bonchev–Trinajstić information content (AvgIpc) is 2.63. The summed E-state index contributed by atoms with van der Waals surface area (Å²) in [5.41, 5.74) is 1.17. The number of carbonyl (C=O) groups excluding carboxylic acids is 1. The summed E-state index contributed by atoms with van der Waals surface area (Å²) in [6, 6.07) is 6.53. The van der Waals surface area contributed by atoms with Crippen LogP contribution in [-0.2, 0) is 4.79 Å². The highest BCUT2D eigenvalue weighted by Crippen LogP contribution is 2.18. The molecule has 0 bridgehead atoms. The first kappa shape index (κ1) is 21.6. The lowest BCUT2D eigenvalue weighted by Gasteiger charge is -2.36. The van der Waals surface area contributed by atoms with E-state index in [0.29, 0.717) is 19.5 Å². The Morgan fingerprint density at radius 2 is 1.74 bits per heavy atom. The zero-order chi connectivity index (χ0) is 19.9. The molecule has 2 rings (SSSR count). The first-order valence-corrected chi connectivity index (χ1v) is 9.90. The quantitative estimate of drug-likeness (QED) is 0.754. The predicted molar refractivity (Wildman–Crippen MR) is 107 cm³/mol. The van der Waals surface area contributed by atoms with E-state index in [1.54, 1.807) is 12.1 Å². The van der Waals surface area contributed by atoms with E-state index < -0.39 is 0 Å². The van der Waals surface area contributed by atoms with Gasteiger partial charge >= 0.3 is 0 Å². The van der Waals surface area contributed by atoms with Crippen LogP contribution in [0.2, 0.25) is 0 Å². The van der Waals surface area contributed by atoms with Crippen LogP contribution in [0.5, 0.6) is 0 Å². The monoisotopic (exact) mass is 379 g/mol. The van der Waals surface area contributed by atoms with Gasteiger partial charge in [-0.1, -0.05) is 20.8 Å². The molecule has 27 heavy (non-hydrogen) atoms. The number of nitrogens with zero attached hydrogens (tertiary/aromatic N) is 3. The summed E-state index contributed by atoms with van der Waals surface area (Å²) in [7, 11) is 0. The van der Waals surface area contributed by atoms with Crippen LogP contribution in [0.1, 0.15) is 33.6 Å². The molecule has 1 aromatic rings. The molecule has 1 aromatic carbocycles. The Kier molecular flexibility index (Phi) is 8.05. The predicted octanol–water partition coefficient (Wildman–Crippen LogP) is 2.59. The molecule has 1 heterocycles. The molecule has 1 saturated heterocycles. The van der Waals surface area contributed by atoms with Crippen LogP contribution >= 0.6 is 0 Å². The van der Waals surface area contributed by atoms with Crippen LogP contribution in [0.15, 0.2) is 24.3 Å². The molecule has 0 spiro atoms. The van der Waals surface area contributed by atoms with Crippen LogP contribution in [0.4, 0.5) is 10.1 Å². The molecule has 5 nitrogen and oxygen atoms in total. The minimum atomic E-state index is -0.228. The van der Waals surface area contributed by atoms with Crippen molar-refractivity contribution in [2.24, 2.45) is 5.41 Å². The number of piperazine rings is 1. The lowest BCUT2D eigenvalue weighted by molar-refractivity contribution is -0.131. The van der Waals surface area contributed by atoms with Gasteiger partial charge in [0.15, 0.2) is 0 Å². The van der Waals surface area contributed by atoms with Gasteiger partial charge in [-0.2, -0.15) is 0 Å². The second-order valence-electron chi connectivity index (χ2n) is 8.51. The van der Waals surface area contributed by atoms with E-state index in [1.165, 1.54) is 12.1 Å². The van der Waals surface area contributed by atoms with Crippen molar-refractivity contribution in [1.29, 1.82) is 0 Å². The van der Waals surface area contributed by atoms with Crippen LogP contribution in [-0.4, -0.2) is 73.2 Å². The van der Waals surface area contributed by atoms with E-state index in [9.17, 15) is 9.18 Å². The molecular weight excluding hydrogens is 345 g/mol. The van der Waals surface area contributed by atoms with E-state index in [-0.39, 0.29) is 23.7 Å². The second-order valence-corrected chi connectivity index (χ2v) is 8.51. The molecular formula is C21H34FN3O2. The van der Waals surface area contributed by atoms with Crippen LogP contribution in [0.25, 0.3) is 0 Å². The van der Waals surface area contributed by atoms with Crippen molar-refractivity contribution in [3.05, 3.63) is 30.1 Å². The summed E-state index contributed by atoms with van der Waals surface area (Å²) in [5.74, 6) is -0.0368. The van der Waals surface area contributed by atoms with E-state index in [4.69, 9.17) is 5.11 Å². The molecule has 1 aliphatic heterocycles. The van der Waals surface area contributed by atoms with E-state index in [0.717, 1.165) is 44.8 Å². The van der Waals surface area contributed by atoms with Crippen LogP contribution in [0, 0.1) is 11.2 Å². The molecule has 1 fully saturated rings. The fourth-order valence-corrected chi connectivity index (χ4v) is 3.51. The smallest absolute Gasteiger partial charge is 0.223 e. The van der Waals surface area contributed by atoms with Gasteiger partial charge in [-0.3, -0.25) is 4.79 Å². The standard InChI is InChI=1S/C21H34FN3O2/c1-21(2,3)17-23(10-4-16-26)11-9-20(27)25-14-12-24(13-15-25)19-7-5-18(22)6-8-19/h5-8,26H,4,9-17H2,1-3H3. The number of carbonyl (C=O) groups is 1. The Labute approximate surface area is 162 Å². The number of hydrogen-bond donors (Lipinski definition) is 1. The minimum absolute atomic E-state index is 0.166. The molecule has 0 radical (unpaired) electrons. The molecule has 1 N–H and O–H groups in total. The summed E-state index contributed by atoms with van der Waals surface area (Å²) in [5, 5.41) is 9.10. The van der Waals surface area contributed by atoms with Gasteiger partial charge < -0.3 is 19.8 Å². The van der Waals surface area contributed by atoms with Crippen molar-refractivity contribution in [1.82, 2.24) is 9.80 Å². The van der Waals surface area contributed by atoms with Crippen molar-refractivity contribution < 1.29 is 14.3 Å². The SMILES string of the molecule is CC(C)(C)CN(CCCO)CCC(=O)N1CCN(c2ccc(F)cc2)CC1. The first-order valence-electron chi connectivity index (χ1n) is 9.90. The minimum Gasteiger partial charge on any atom is -0.396 e. The lowest BCUT2D eigenvalue weighted by atomic mass is 9.96. The van der Waals surface area contributed by atoms with Crippen molar-refractivity contribution in [2.45, 2.75) is 33.6 Å². The number of amides is 1. The Morgan fingerprint density at radius 1 is 1.11 bits per heavy atom. The third-order valence-corrected chi connectivity index (χ3v) is 4.80. The molecule has 0 aromatic heterocycles. The summed E-state index contributed by atoms with van der Waals surface area (Å²) in [6.07, 6.45) is 1.25. The molecule has 152 valence electrons. The Bertz CT molecular complexity index is 578. The third-order valence-electron chi connectivity index (χ3n) is 4.80. The number of aliphatic hydroxyl groups is 1. The number of anilines is 1. The van der Waals surface area contributed by atoms with Crippen molar-refractivity contribution in [2.75, 3.05) is 57.3 Å². The number of benzene rings is 1. The van der Waals surface area contributed by atoms with Crippen molar-refractivity contribution >= 4 is 11.6 Å². The first-order chi connectivity index (χ1) is 12.8. The average molecular weight is 380 g/mol. The molecule has 0 saturated carbocycles. The van der Waals surface area contributed by atoms with Gasteiger partial charge in [-0.25, -0.2) is 4.39 Å². The maximum Gasteiger partial charge on any atom is 0.223 e. The van der Waals surface area contributed by atoms with E-state index >= 15 is 0 Å². The zero-order valence-electron chi connectivity index (χ0n) is 17.0. The topological polar surface area (TPSA) is 47.0 Å². The van der Waals surface area contributed by atoms with Gasteiger partial charge in [0.05, 0.1) is 0 Å². The number of aliphatic hydroxyl groups excluding tert-OH is 1. The highest BCUT2D eigenvalue weighted by atomic mass is 19.1. The van der Waals surface area contributed by atoms with Crippen LogP contribution < -0.4 is 4.90 Å². The molecule has 0 aliphatic carbocycles. The number of rotatable bonds is 8. The summed E-state index contributed by atoms with van der Waals surface area (Å²) in [6.45, 7) is 12.2. The maximum atomic E-state index is 13.1. The summed E-state index contributed by atoms with van der Waals surface area (Å²) in [4.78, 5) is 19.0. The molecule has 1 amide bonds. The van der Waals surface area contributed by atoms with Gasteiger partial charge in [-0.05, 0) is 36.1 Å². The van der Waals surface area contributed by atoms with Gasteiger partial charge in [0.2, 0.25) is 5.91 Å². The van der Waals surface area contributed by atoms with Crippen molar-refractivity contribution in [3.8, 4) is 0 Å². The fourth-order valence-electron chi connectivity index (χ4n) is 3.51. The summed E-state index contributed by atoms with van der Waals surface area (Å²) >= 11 is 0. The summed E-state index contributed by atoms with van der Waals surface area (Å²) < 4.78 is 13.1. The Balaban J connectivity index is 1.79. The normalized spacial score (nSPS) is 15.5. The third kappa shape index (κ3) is 7.46. The van der Waals surface area contributed by atoms with E-state index in [1.807, 2.05) is 4.90 Å². The van der Waals surface area contributed by atoms with Crippen molar-refractivity contribution in [3.63, 3.8) is 0 Å². The lowest BCUT2D eigenvalue weighted by Crippen LogP contribution is -2.49. The van der Waals surface area contributed by atoms with Gasteiger partial charge in [-0.15, -0.1) is 0 Å². The largest absolute Gasteiger partial charge is 0.396 e. The highest BCUT2D eigenvalue weighted by molar-refractivity contribution is 5.76.